The third kappa shape index (κ3) is 27.2. The molecule has 0 aliphatic heterocycles. The Balaban J connectivity index is 0.000000258. The molecule has 0 saturated heterocycles. The van der Waals surface area contributed by atoms with Gasteiger partial charge in [-0.25, -0.2) is 46.9 Å². The van der Waals surface area contributed by atoms with Gasteiger partial charge in [0.15, 0.2) is 82.0 Å². The number of nitrogens with two attached hydrogens (primary N) is 2. The van der Waals surface area contributed by atoms with E-state index >= 15 is 4.39 Å². The SMILES string of the molecule is C.CC(C)C(=O)Nc1nc2c(ncn2[C@@H]2C=C[C@H](CO)[C@@H](O)[C@H]2F)c(=O)[nH]1.CC[C@H]1C=C[C@@H](n2cnc3c(Cl)nc(N)nc32)[C@H](F)[C@@H]1C.CC[C@H]1C=C[C@H](O)[C@H](F)[C@@H]1C.Nc1nc(Cl)c2[nH]cnc2n1.[2H]C([3H])Cl.[2H]C[C@H]1C=C[C@@H](n2cnc3c(=O)[nH]c(NC(=O)C(C)C)nc32)[C@H](F)[C@@H]1O.[2H]C[C@H]1C=C[C@@H](n2cnc3c(=O)[nH]c(NC(=O)C(C)C)nc32)[C@H](F)[C@@H]1OP(C)OCCC#N.[3H]OC.[3H]OC. The summed E-state index contributed by atoms with van der Waals surface area (Å²) in [5.41, 5.74) is 11.6. The van der Waals surface area contributed by atoms with Gasteiger partial charge >= 0.3 is 0 Å². The van der Waals surface area contributed by atoms with Crippen LogP contribution in [-0.2, 0) is 23.4 Å². The molecule has 5 aliphatic rings. The topological polar surface area (TPSA) is 592 Å². The maximum atomic E-state index is 15.7. The van der Waals surface area contributed by atoms with Gasteiger partial charge in [-0.3, -0.25) is 59.7 Å². The summed E-state index contributed by atoms with van der Waals surface area (Å²) in [5, 5.41) is 62.0. The highest BCUT2D eigenvalue weighted by Crippen LogP contribution is 2.44. The fourth-order valence-electron chi connectivity index (χ4n) is 14.0. The zero-order valence-corrected chi connectivity index (χ0v) is 77.2. The van der Waals surface area contributed by atoms with Crippen LogP contribution in [0.25, 0.3) is 55.8 Å². The van der Waals surface area contributed by atoms with Gasteiger partial charge in [-0.05, 0) is 36.5 Å². The number of fused-ring (bicyclic) bond motifs is 5. The van der Waals surface area contributed by atoms with Crippen LogP contribution in [0.3, 0.4) is 0 Å². The fraction of sp³-hybridized carbons (Fsp3) is 0.536. The van der Waals surface area contributed by atoms with E-state index in [1.807, 2.05) is 39.0 Å². The third-order valence-corrected chi connectivity index (χ3v) is 23.1. The molecule has 15 rings (SSSR count). The smallest absolute Gasteiger partial charge is 0.280 e. The number of aromatic amines is 4. The molecule has 22 atom stereocenters. The number of imidazole rings is 5. The summed E-state index contributed by atoms with van der Waals surface area (Å²) < 4.78 is 129. The van der Waals surface area contributed by atoms with Crippen LogP contribution in [0.15, 0.2) is 107 Å². The summed E-state index contributed by atoms with van der Waals surface area (Å²) in [6.45, 7) is 19.3. The fourth-order valence-corrected chi connectivity index (χ4v) is 15.4. The number of anilines is 5. The molecule has 728 valence electrons. The summed E-state index contributed by atoms with van der Waals surface area (Å²) in [4.78, 5) is 131. The average molecular weight is 1960 g/mol. The van der Waals surface area contributed by atoms with Crippen molar-refractivity contribution in [3.05, 3.63) is 134 Å². The summed E-state index contributed by atoms with van der Waals surface area (Å²) in [6, 6.07) is -1.23. The lowest BCUT2D eigenvalue weighted by Gasteiger charge is -2.35. The van der Waals surface area contributed by atoms with Crippen molar-refractivity contribution in [1.82, 2.24) is 98.0 Å². The van der Waals surface area contributed by atoms with Crippen molar-refractivity contribution >= 4 is 146 Å². The molecule has 10 heterocycles. The lowest BCUT2D eigenvalue weighted by atomic mass is 9.80. The van der Waals surface area contributed by atoms with Gasteiger partial charge in [-0.2, -0.15) is 40.1 Å². The van der Waals surface area contributed by atoms with E-state index in [0.717, 1.165) is 12.8 Å². The number of nitrogens with one attached hydrogen (secondary N) is 7. The Morgan fingerprint density at radius 3 is 1.41 bits per heavy atom. The Morgan fingerprint density at radius 2 is 0.970 bits per heavy atom. The molecule has 0 bridgehead atoms. The van der Waals surface area contributed by atoms with Crippen LogP contribution in [0, 0.1) is 70.5 Å². The molecule has 10 aromatic heterocycles. The minimum atomic E-state index is -1.72. The molecule has 133 heavy (non-hydrogen) atoms. The number of carbonyl (C=O) groups excluding carboxylic acids is 3. The quantitative estimate of drug-likeness (QED) is 0.00947. The standard InChI is InChI=1S/C20H26FN6O4P.C16H20FN5O4.C16H20FN5O3.C14H17ClFN5.C9H15FO.C5H4ClN5.CH3Cl.2CH4O.CH4/c1-11(2)18(28)25-20-24-17-15(19(29)26-20)23-10-27(17)13-7-6-12(3)16(14(13)21)31-32(4)30-9-5-8-22;1-7(2)14(25)20-16-19-13-11(15(26)21-16)18-6-22(13)9-4-3-8(5-23)12(24)10(9)17;1-7(2)14(24)20-16-19-13-11(15(25)21-16)18-6-22(13)9-5-4-8(3)12(23)10(9)17;1-3-8-4-5-9(10(16)7(8)2)21-6-18-11-12(15)19-14(17)20-13(11)21;1-3-7-4-5-8(11)9(10)6(7)2;6-3-2-4(9-1-8-2)11-5(7)10-3;3*1-2;/h6-7,10-14,16H,5,9H2,1-4H3,(H2,24,25,26,28,29);3-4,6-10,12,23-24H,5H2,1-2H3,(H2,19,20,21,25,26);4-10,12,23H,1-3H3,(H2,19,20,21,24,25);4-10H,3H2,1-2H3,(H2,17,19,20);4-9,11H,3H2,1-2H3;1H,(H3,7,8,9,10,11);1H3;2*2H,1H3;1H4/t12-,13+,14-,16+,32?;8-,9-,10+,12-;8-,9+,10-,12+;7-,8+,9-,10-;6-,7+,8+,9-;;;;;/m01011...../s1/i3D;;3D;;;;1TD;2*2T;. The van der Waals surface area contributed by atoms with E-state index in [1.54, 1.807) is 83.4 Å². The molecule has 0 saturated carbocycles. The second-order valence-corrected chi connectivity index (χ2v) is 33.3. The Kier molecular flexibility index (Phi) is 39.1. The van der Waals surface area contributed by atoms with Gasteiger partial charge in [0.2, 0.25) is 50.3 Å². The number of aromatic nitrogens is 20. The van der Waals surface area contributed by atoms with E-state index < -0.39 is 129 Å². The molecule has 49 heteroatoms. The summed E-state index contributed by atoms with van der Waals surface area (Å²) in [6.07, 6.45) is 13.0. The second kappa shape index (κ2) is 51.5. The highest BCUT2D eigenvalue weighted by Gasteiger charge is 2.42. The van der Waals surface area contributed by atoms with Gasteiger partial charge in [0, 0.05) is 68.2 Å². The largest absolute Gasteiger partial charge is 0.400 e. The highest BCUT2D eigenvalue weighted by molar-refractivity contribution is 7.46. The minimum Gasteiger partial charge on any atom is -0.400 e. The van der Waals surface area contributed by atoms with Crippen LogP contribution in [0.4, 0.5) is 51.7 Å². The van der Waals surface area contributed by atoms with Crippen molar-refractivity contribution in [3.63, 3.8) is 0 Å². The Morgan fingerprint density at radius 1 is 0.586 bits per heavy atom. The molecule has 0 aromatic carbocycles. The molecule has 40 nitrogen and oxygen atoms in total. The van der Waals surface area contributed by atoms with Crippen molar-refractivity contribution in [2.45, 2.75) is 189 Å². The summed E-state index contributed by atoms with van der Waals surface area (Å²) >= 11 is 16.3. The molecule has 17 N–H and O–H groups in total. The normalized spacial score (nSPS) is 25.9. The number of carbonyl (C=O) groups is 3. The number of amides is 3. The third-order valence-electron chi connectivity index (χ3n) is 21.5. The van der Waals surface area contributed by atoms with Gasteiger partial charge < -0.3 is 74.4 Å². The maximum absolute atomic E-state index is 15.7. The Hall–Kier alpha value is -11.0. The minimum absolute atomic E-state index is 0. The summed E-state index contributed by atoms with van der Waals surface area (Å²) in [5.74, 6) is -3.24. The number of H-pyrrole nitrogens is 4. The molecule has 0 fully saturated rings. The monoisotopic (exact) mass is 1950 g/mol. The number of halogens is 8. The number of aliphatic hydroxyl groups excluding tert-OH is 6. The summed E-state index contributed by atoms with van der Waals surface area (Å²) in [7, 11) is 1.12. The van der Waals surface area contributed by atoms with Gasteiger partial charge in [-0.1, -0.05) is 174 Å². The average Bonchev–Trinajstić information content (AvgIpc) is 1.66. The predicted octanol–water partition coefficient (Wildman–Crippen LogP) is 10.7. The molecule has 10 aromatic rings. The van der Waals surface area contributed by atoms with Crippen LogP contribution in [0.5, 0.6) is 0 Å². The number of nitrogens with zero attached hydrogens (tertiary/aromatic N) is 17. The van der Waals surface area contributed by atoms with E-state index in [2.05, 4.69) is 131 Å². The van der Waals surface area contributed by atoms with Crippen LogP contribution in [0.1, 0.15) is 139 Å². The number of allylic oxidation sites excluding steroid dienone is 6. The predicted molar refractivity (Wildman–Crippen MR) is 499 cm³/mol. The number of rotatable bonds is 18. The van der Waals surface area contributed by atoms with E-state index in [1.165, 1.54) is 71.5 Å². The first-order valence-electron chi connectivity index (χ1n) is 44.7. The van der Waals surface area contributed by atoms with Crippen molar-refractivity contribution in [2.75, 3.05) is 67.9 Å². The zero-order valence-electron chi connectivity index (χ0n) is 80.1. The first-order valence-corrected chi connectivity index (χ1v) is 44.1. The van der Waals surface area contributed by atoms with Gasteiger partial charge in [0.25, 0.3) is 16.7 Å². The molecular weight excluding hydrogens is 1830 g/mol. The Labute approximate surface area is 786 Å². The van der Waals surface area contributed by atoms with Crippen LogP contribution in [-0.4, -0.2) is 245 Å². The van der Waals surface area contributed by atoms with Gasteiger partial charge in [0.1, 0.15) is 35.6 Å². The van der Waals surface area contributed by atoms with Crippen molar-refractivity contribution in [1.29, 1.82) is 8.12 Å². The van der Waals surface area contributed by atoms with E-state index in [-0.39, 0.29) is 162 Å². The molecule has 0 radical (unpaired) electrons. The van der Waals surface area contributed by atoms with Crippen molar-refractivity contribution in [2.24, 2.45) is 59.2 Å². The van der Waals surface area contributed by atoms with Gasteiger partial charge in [-0.15, -0.1) is 11.6 Å². The first kappa shape index (κ1) is 101. The van der Waals surface area contributed by atoms with E-state index in [4.69, 9.17) is 62.4 Å². The van der Waals surface area contributed by atoms with E-state index in [9.17, 15) is 61.6 Å². The maximum Gasteiger partial charge on any atom is 0.280 e. The molecular formula is C84H117Cl3F5N26O14P. The Bertz CT molecular complexity index is 5910. The molecule has 5 aliphatic carbocycles. The number of nitriles is 1. The number of hydrogen-bond acceptors (Lipinski definition) is 29. The van der Waals surface area contributed by atoms with Gasteiger partial charge in [0.05, 0.1) is 93.7 Å². The van der Waals surface area contributed by atoms with E-state index in [0.29, 0.717) is 33.4 Å². The van der Waals surface area contributed by atoms with Crippen LogP contribution >= 0.6 is 43.2 Å². The molecule has 3 amide bonds. The number of hydrogen-bond donors (Lipinski definition) is 15. The molecule has 0 spiro atoms. The number of aliphatic hydroxyl groups is 6. The highest BCUT2D eigenvalue weighted by atomic mass is 35.5. The van der Waals surface area contributed by atoms with Crippen molar-refractivity contribution < 1.29 is 81.5 Å². The number of nitrogen functional groups attached to an aromatic ring is 2. The lowest BCUT2D eigenvalue weighted by Crippen LogP contribution is -2.40. The molecule has 2 unspecified atom stereocenters. The van der Waals surface area contributed by atoms with Crippen molar-refractivity contribution in [3.8, 4) is 6.07 Å². The lowest BCUT2D eigenvalue weighted by molar-refractivity contribution is -0.119. The first-order chi connectivity index (χ1) is 65.4. The van der Waals surface area contributed by atoms with Crippen LogP contribution < -0.4 is 44.1 Å². The second-order valence-electron chi connectivity index (χ2n) is 31.2. The zero-order chi connectivity index (χ0) is 103. The van der Waals surface area contributed by atoms with Crippen LogP contribution in [0.2, 0.25) is 10.3 Å². The number of alkyl halides is 6.